The standard InChI is InChI=1S/C21H35N5O3/c1-25(2)19(27)15-26(14-11-18(22)21(28)29-3)13-5-4-8-17-10-9-16-7-6-12-23-20(16)24-17/h9-10,18H,4-8,11-15,22H2,1-3H3,(H,23,24)/t18-/m0/s1. The minimum atomic E-state index is -0.663. The number of carbonyl (C=O) groups excluding carboxylic acids is 2. The lowest BCUT2D eigenvalue weighted by Gasteiger charge is -2.24. The number of esters is 1. The molecule has 3 N–H and O–H groups in total. The molecule has 0 bridgehead atoms. The molecule has 0 saturated heterocycles. The summed E-state index contributed by atoms with van der Waals surface area (Å²) in [5, 5.41) is 3.37. The van der Waals surface area contributed by atoms with Gasteiger partial charge in [0.05, 0.1) is 13.7 Å². The van der Waals surface area contributed by atoms with Crippen LogP contribution < -0.4 is 11.1 Å². The molecular formula is C21H35N5O3. The Morgan fingerprint density at radius 3 is 2.79 bits per heavy atom. The number of fused-ring (bicyclic) bond motifs is 1. The van der Waals surface area contributed by atoms with Gasteiger partial charge >= 0.3 is 5.97 Å². The van der Waals surface area contributed by atoms with Crippen LogP contribution in [0.1, 0.15) is 36.9 Å². The maximum absolute atomic E-state index is 12.1. The lowest BCUT2D eigenvalue weighted by Crippen LogP contribution is -2.41. The molecule has 29 heavy (non-hydrogen) atoms. The first-order valence-electron chi connectivity index (χ1n) is 10.4. The largest absolute Gasteiger partial charge is 0.468 e. The normalized spacial score (nSPS) is 14.1. The second-order valence-corrected chi connectivity index (χ2v) is 7.78. The van der Waals surface area contributed by atoms with Gasteiger partial charge in [0.2, 0.25) is 5.91 Å². The van der Waals surface area contributed by atoms with Crippen molar-refractivity contribution in [2.24, 2.45) is 5.73 Å². The van der Waals surface area contributed by atoms with E-state index in [0.29, 0.717) is 19.5 Å². The average molecular weight is 406 g/mol. The highest BCUT2D eigenvalue weighted by atomic mass is 16.5. The van der Waals surface area contributed by atoms with E-state index in [0.717, 1.165) is 56.7 Å². The number of aryl methyl sites for hydroxylation is 2. The summed E-state index contributed by atoms with van der Waals surface area (Å²) in [7, 11) is 4.83. The van der Waals surface area contributed by atoms with Crippen LogP contribution in [0, 0.1) is 0 Å². The van der Waals surface area contributed by atoms with Gasteiger partial charge in [-0.15, -0.1) is 0 Å². The van der Waals surface area contributed by atoms with Crippen molar-refractivity contribution in [1.82, 2.24) is 14.8 Å². The molecule has 0 saturated carbocycles. The zero-order valence-corrected chi connectivity index (χ0v) is 17.9. The summed E-state index contributed by atoms with van der Waals surface area (Å²) in [6.45, 7) is 2.67. The molecule has 0 spiro atoms. The van der Waals surface area contributed by atoms with Gasteiger partial charge in [-0.3, -0.25) is 14.5 Å². The number of pyridine rings is 1. The third-order valence-electron chi connectivity index (χ3n) is 5.23. The predicted octanol–water partition coefficient (Wildman–Crippen LogP) is 1.04. The van der Waals surface area contributed by atoms with Gasteiger partial charge in [-0.05, 0) is 56.7 Å². The number of carbonyl (C=O) groups is 2. The lowest BCUT2D eigenvalue weighted by atomic mass is 10.1. The monoisotopic (exact) mass is 405 g/mol. The number of nitrogens with zero attached hydrogens (tertiary/aromatic N) is 3. The quantitative estimate of drug-likeness (QED) is 0.419. The van der Waals surface area contributed by atoms with E-state index in [1.54, 1.807) is 19.0 Å². The summed E-state index contributed by atoms with van der Waals surface area (Å²) in [6.07, 6.45) is 5.56. The molecule has 162 valence electrons. The second-order valence-electron chi connectivity index (χ2n) is 7.78. The van der Waals surface area contributed by atoms with Crippen LogP contribution in [0.25, 0.3) is 0 Å². The number of ether oxygens (including phenoxy) is 1. The Labute approximate surface area is 173 Å². The van der Waals surface area contributed by atoms with Crippen LogP contribution in [0.2, 0.25) is 0 Å². The molecule has 0 unspecified atom stereocenters. The Morgan fingerprint density at radius 1 is 1.28 bits per heavy atom. The maximum atomic E-state index is 12.1. The topological polar surface area (TPSA) is 101 Å². The van der Waals surface area contributed by atoms with Crippen LogP contribution in [-0.2, 0) is 27.2 Å². The maximum Gasteiger partial charge on any atom is 0.322 e. The zero-order valence-electron chi connectivity index (χ0n) is 17.9. The Bertz CT molecular complexity index is 680. The summed E-state index contributed by atoms with van der Waals surface area (Å²) in [4.78, 5) is 32.0. The lowest BCUT2D eigenvalue weighted by molar-refractivity contribution is -0.142. The van der Waals surface area contributed by atoms with Gasteiger partial charge in [0.25, 0.3) is 0 Å². The Kier molecular flexibility index (Phi) is 9.34. The van der Waals surface area contributed by atoms with Crippen molar-refractivity contribution in [3.05, 3.63) is 23.4 Å². The van der Waals surface area contributed by atoms with Crippen molar-refractivity contribution < 1.29 is 14.3 Å². The highest BCUT2D eigenvalue weighted by Crippen LogP contribution is 2.20. The minimum Gasteiger partial charge on any atom is -0.468 e. The van der Waals surface area contributed by atoms with Gasteiger partial charge in [-0.2, -0.15) is 0 Å². The van der Waals surface area contributed by atoms with E-state index in [2.05, 4.69) is 27.1 Å². The third-order valence-corrected chi connectivity index (χ3v) is 5.23. The molecule has 1 aliphatic rings. The first-order valence-corrected chi connectivity index (χ1v) is 10.4. The number of anilines is 1. The molecule has 2 rings (SSSR count). The fourth-order valence-corrected chi connectivity index (χ4v) is 3.34. The highest BCUT2D eigenvalue weighted by Gasteiger charge is 2.18. The molecule has 1 aliphatic heterocycles. The molecule has 0 fully saturated rings. The van der Waals surface area contributed by atoms with E-state index in [1.165, 1.54) is 12.7 Å². The van der Waals surface area contributed by atoms with Crippen molar-refractivity contribution >= 4 is 17.7 Å². The van der Waals surface area contributed by atoms with Gasteiger partial charge in [-0.25, -0.2) is 4.98 Å². The number of likely N-dealkylation sites (N-methyl/N-ethyl adjacent to an activating group) is 1. The van der Waals surface area contributed by atoms with Crippen LogP contribution in [0.3, 0.4) is 0 Å². The van der Waals surface area contributed by atoms with Crippen LogP contribution in [0.15, 0.2) is 12.1 Å². The summed E-state index contributed by atoms with van der Waals surface area (Å²) in [5.74, 6) is 0.652. The number of unbranched alkanes of at least 4 members (excludes halogenated alkanes) is 1. The predicted molar refractivity (Wildman–Crippen MR) is 114 cm³/mol. The van der Waals surface area contributed by atoms with E-state index >= 15 is 0 Å². The van der Waals surface area contributed by atoms with Crippen molar-refractivity contribution in [3.8, 4) is 0 Å². The Hall–Kier alpha value is -2.19. The number of nitrogens with two attached hydrogens (primary N) is 1. The molecule has 1 aromatic heterocycles. The number of nitrogens with one attached hydrogen (secondary N) is 1. The van der Waals surface area contributed by atoms with E-state index in [1.807, 2.05) is 0 Å². The van der Waals surface area contributed by atoms with Gasteiger partial charge in [0, 0.05) is 32.9 Å². The summed E-state index contributed by atoms with van der Waals surface area (Å²) < 4.78 is 4.68. The van der Waals surface area contributed by atoms with E-state index in [9.17, 15) is 9.59 Å². The van der Waals surface area contributed by atoms with Crippen molar-refractivity contribution in [2.75, 3.05) is 52.7 Å². The molecule has 0 aromatic carbocycles. The number of rotatable bonds is 11. The molecule has 1 amide bonds. The van der Waals surface area contributed by atoms with Crippen LogP contribution >= 0.6 is 0 Å². The number of aromatic nitrogens is 1. The fraction of sp³-hybridized carbons (Fsp3) is 0.667. The smallest absolute Gasteiger partial charge is 0.322 e. The SMILES string of the molecule is COC(=O)[C@@H](N)CCN(CCCCc1ccc2c(n1)NCCC2)CC(=O)N(C)C. The molecule has 1 aromatic rings. The number of hydrogen-bond acceptors (Lipinski definition) is 7. The summed E-state index contributed by atoms with van der Waals surface area (Å²) in [6, 6.07) is 3.64. The van der Waals surface area contributed by atoms with Crippen molar-refractivity contribution in [2.45, 2.75) is 44.6 Å². The minimum absolute atomic E-state index is 0.0408. The Morgan fingerprint density at radius 2 is 2.07 bits per heavy atom. The molecule has 0 radical (unpaired) electrons. The van der Waals surface area contributed by atoms with E-state index in [-0.39, 0.29) is 5.91 Å². The average Bonchev–Trinajstić information content (AvgIpc) is 2.73. The first kappa shape index (κ1) is 23.1. The van der Waals surface area contributed by atoms with Crippen molar-refractivity contribution in [3.63, 3.8) is 0 Å². The molecule has 8 heteroatoms. The molecule has 2 heterocycles. The van der Waals surface area contributed by atoms with E-state index in [4.69, 9.17) is 10.7 Å². The number of methoxy groups -OCH3 is 1. The van der Waals surface area contributed by atoms with Gasteiger partial charge < -0.3 is 20.7 Å². The van der Waals surface area contributed by atoms with Gasteiger partial charge in [0.15, 0.2) is 0 Å². The van der Waals surface area contributed by atoms with Gasteiger partial charge in [-0.1, -0.05) is 6.07 Å². The molecule has 0 aliphatic carbocycles. The first-order chi connectivity index (χ1) is 13.9. The van der Waals surface area contributed by atoms with E-state index < -0.39 is 12.0 Å². The molecule has 8 nitrogen and oxygen atoms in total. The summed E-state index contributed by atoms with van der Waals surface area (Å²) in [5.41, 5.74) is 8.24. The third kappa shape index (κ3) is 7.62. The molecular weight excluding hydrogens is 370 g/mol. The van der Waals surface area contributed by atoms with Crippen molar-refractivity contribution in [1.29, 1.82) is 0 Å². The Balaban J connectivity index is 1.81. The second kappa shape index (κ2) is 11.7. The number of hydrogen-bond donors (Lipinski definition) is 2. The highest BCUT2D eigenvalue weighted by molar-refractivity contribution is 5.77. The van der Waals surface area contributed by atoms with Gasteiger partial charge in [0.1, 0.15) is 11.9 Å². The zero-order chi connectivity index (χ0) is 21.2. The number of amides is 1. The molecule has 1 atom stereocenters. The van der Waals surface area contributed by atoms with Crippen LogP contribution in [0.4, 0.5) is 5.82 Å². The van der Waals surface area contributed by atoms with Crippen LogP contribution in [0.5, 0.6) is 0 Å². The summed E-state index contributed by atoms with van der Waals surface area (Å²) >= 11 is 0. The van der Waals surface area contributed by atoms with Crippen LogP contribution in [-0.4, -0.2) is 80.1 Å². The fourth-order valence-electron chi connectivity index (χ4n) is 3.34.